The van der Waals surface area contributed by atoms with Gasteiger partial charge in [0.15, 0.2) is 5.78 Å². The molecule has 0 aliphatic carbocycles. The lowest BCUT2D eigenvalue weighted by atomic mass is 10.00. The van der Waals surface area contributed by atoms with Gasteiger partial charge in [-0.3, -0.25) is 9.78 Å². The van der Waals surface area contributed by atoms with Gasteiger partial charge in [0.1, 0.15) is 5.75 Å². The summed E-state index contributed by atoms with van der Waals surface area (Å²) in [4.78, 5) is 17.3. The highest BCUT2D eigenvalue weighted by molar-refractivity contribution is 5.99. The van der Waals surface area contributed by atoms with E-state index in [2.05, 4.69) is 4.98 Å². The average molecular weight is 319 g/mol. The van der Waals surface area contributed by atoms with E-state index in [1.54, 1.807) is 0 Å². The number of aryl methyl sites for hydroxylation is 1. The molecular weight excluding hydrogens is 298 g/mol. The maximum absolute atomic E-state index is 12.7. The van der Waals surface area contributed by atoms with Crippen molar-refractivity contribution in [3.8, 4) is 5.75 Å². The summed E-state index contributed by atoms with van der Waals surface area (Å²) in [5.41, 5.74) is 3.48. The van der Waals surface area contributed by atoms with Crippen LogP contribution in [0, 0.1) is 6.92 Å². The molecule has 1 heterocycles. The number of hydrogen-bond acceptors (Lipinski definition) is 3. The molecule has 0 atom stereocenters. The minimum atomic E-state index is 0.0695. The van der Waals surface area contributed by atoms with E-state index in [9.17, 15) is 4.79 Å². The van der Waals surface area contributed by atoms with Gasteiger partial charge in [-0.2, -0.15) is 0 Å². The molecule has 0 saturated carbocycles. The van der Waals surface area contributed by atoms with Gasteiger partial charge in [-0.15, -0.1) is 0 Å². The first kappa shape index (κ1) is 16.2. The Morgan fingerprint density at radius 2 is 1.88 bits per heavy atom. The Labute approximate surface area is 142 Å². The van der Waals surface area contributed by atoms with E-state index in [1.807, 2.05) is 75.4 Å². The van der Waals surface area contributed by atoms with Crippen LogP contribution in [-0.2, 0) is 6.42 Å². The first-order valence-electron chi connectivity index (χ1n) is 8.18. The zero-order valence-corrected chi connectivity index (χ0v) is 14.2. The molecule has 0 aliphatic heterocycles. The van der Waals surface area contributed by atoms with Crippen LogP contribution in [0.15, 0.2) is 54.6 Å². The minimum absolute atomic E-state index is 0.0695. The molecule has 122 valence electrons. The first-order valence-corrected chi connectivity index (χ1v) is 8.18. The summed E-state index contributed by atoms with van der Waals surface area (Å²) in [5.74, 6) is 0.794. The number of carbonyl (C=O) groups is 1. The van der Waals surface area contributed by atoms with E-state index < -0.39 is 0 Å². The molecule has 0 N–H and O–H groups in total. The molecule has 0 amide bonds. The number of ketones is 1. The fourth-order valence-corrected chi connectivity index (χ4v) is 2.74. The number of rotatable bonds is 5. The van der Waals surface area contributed by atoms with Crippen LogP contribution in [0.5, 0.6) is 5.75 Å². The molecule has 0 radical (unpaired) electrons. The Hall–Kier alpha value is -2.68. The van der Waals surface area contributed by atoms with Crippen LogP contribution in [-0.4, -0.2) is 16.9 Å². The molecule has 3 heteroatoms. The molecule has 0 bridgehead atoms. The SMILES string of the molecule is Cc1ccc2cccc(CC(=O)c3cccc(OC(C)C)c3)c2n1. The Morgan fingerprint density at radius 3 is 2.67 bits per heavy atom. The number of fused-ring (bicyclic) bond motifs is 1. The second-order valence-electron chi connectivity index (χ2n) is 6.24. The van der Waals surface area contributed by atoms with Crippen molar-refractivity contribution in [2.75, 3.05) is 0 Å². The van der Waals surface area contributed by atoms with Gasteiger partial charge in [-0.1, -0.05) is 36.4 Å². The largest absolute Gasteiger partial charge is 0.491 e. The van der Waals surface area contributed by atoms with E-state index in [4.69, 9.17) is 4.74 Å². The fraction of sp³-hybridized carbons (Fsp3) is 0.238. The zero-order valence-electron chi connectivity index (χ0n) is 14.2. The molecule has 3 nitrogen and oxygen atoms in total. The van der Waals surface area contributed by atoms with Gasteiger partial charge in [0, 0.05) is 23.1 Å². The predicted molar refractivity (Wildman–Crippen MR) is 96.7 cm³/mol. The fourth-order valence-electron chi connectivity index (χ4n) is 2.74. The molecule has 0 saturated heterocycles. The quantitative estimate of drug-likeness (QED) is 0.637. The second-order valence-corrected chi connectivity index (χ2v) is 6.24. The summed E-state index contributed by atoms with van der Waals surface area (Å²) in [6.07, 6.45) is 0.416. The molecule has 1 aromatic heterocycles. The van der Waals surface area contributed by atoms with Gasteiger partial charge in [0.05, 0.1) is 11.6 Å². The predicted octanol–water partition coefficient (Wildman–Crippen LogP) is 4.76. The van der Waals surface area contributed by atoms with Crippen LogP contribution < -0.4 is 4.74 Å². The van der Waals surface area contributed by atoms with Crippen LogP contribution in [0.25, 0.3) is 10.9 Å². The van der Waals surface area contributed by atoms with Crippen molar-refractivity contribution in [3.63, 3.8) is 0 Å². The standard InChI is InChI=1S/C21H21NO2/c1-14(2)24-19-9-5-7-17(12-19)20(23)13-18-8-4-6-16-11-10-15(3)22-21(16)18/h4-12,14H,13H2,1-3H3. The molecule has 0 unspecified atom stereocenters. The summed E-state index contributed by atoms with van der Waals surface area (Å²) in [6, 6.07) is 17.4. The third-order valence-corrected chi connectivity index (χ3v) is 3.82. The van der Waals surface area contributed by atoms with Crippen molar-refractivity contribution in [1.29, 1.82) is 0 Å². The highest BCUT2D eigenvalue weighted by Gasteiger charge is 2.12. The highest BCUT2D eigenvalue weighted by Crippen LogP contribution is 2.21. The van der Waals surface area contributed by atoms with Crippen molar-refractivity contribution in [3.05, 3.63) is 71.4 Å². The summed E-state index contributed by atoms with van der Waals surface area (Å²) in [6.45, 7) is 5.90. The van der Waals surface area contributed by atoms with Crippen molar-refractivity contribution in [2.24, 2.45) is 0 Å². The Bertz CT molecular complexity index is 884. The van der Waals surface area contributed by atoms with Crippen molar-refractivity contribution in [1.82, 2.24) is 4.98 Å². The molecular formula is C21H21NO2. The van der Waals surface area contributed by atoms with Crippen LogP contribution in [0.4, 0.5) is 0 Å². The normalized spacial score (nSPS) is 11.0. The van der Waals surface area contributed by atoms with Crippen LogP contribution in [0.2, 0.25) is 0 Å². The van der Waals surface area contributed by atoms with E-state index in [-0.39, 0.29) is 11.9 Å². The van der Waals surface area contributed by atoms with Crippen molar-refractivity contribution < 1.29 is 9.53 Å². The number of hydrogen-bond donors (Lipinski definition) is 0. The smallest absolute Gasteiger partial charge is 0.167 e. The summed E-state index contributed by atoms with van der Waals surface area (Å²) in [5, 5.41) is 1.06. The topological polar surface area (TPSA) is 39.2 Å². The Balaban J connectivity index is 1.89. The Morgan fingerprint density at radius 1 is 1.08 bits per heavy atom. The molecule has 24 heavy (non-hydrogen) atoms. The van der Waals surface area contributed by atoms with E-state index in [0.717, 1.165) is 27.9 Å². The summed E-state index contributed by atoms with van der Waals surface area (Å²) in [7, 11) is 0. The van der Waals surface area contributed by atoms with Gasteiger partial charge >= 0.3 is 0 Å². The molecule has 2 aromatic carbocycles. The average Bonchev–Trinajstić information content (AvgIpc) is 2.55. The first-order chi connectivity index (χ1) is 11.5. The minimum Gasteiger partial charge on any atom is -0.491 e. The number of pyridine rings is 1. The maximum Gasteiger partial charge on any atom is 0.167 e. The second kappa shape index (κ2) is 6.83. The van der Waals surface area contributed by atoms with E-state index in [0.29, 0.717) is 12.0 Å². The van der Waals surface area contributed by atoms with Gasteiger partial charge < -0.3 is 4.74 Å². The molecule has 3 aromatic rings. The van der Waals surface area contributed by atoms with Gasteiger partial charge in [0.25, 0.3) is 0 Å². The number of Topliss-reactive ketones (excluding diaryl/α,β-unsaturated/α-hetero) is 1. The number of para-hydroxylation sites is 1. The highest BCUT2D eigenvalue weighted by atomic mass is 16.5. The lowest BCUT2D eigenvalue weighted by Gasteiger charge is -2.11. The lowest BCUT2D eigenvalue weighted by molar-refractivity contribution is 0.0992. The molecule has 0 fully saturated rings. The summed E-state index contributed by atoms with van der Waals surface area (Å²) < 4.78 is 5.68. The number of nitrogens with zero attached hydrogens (tertiary/aromatic N) is 1. The van der Waals surface area contributed by atoms with Crippen molar-refractivity contribution >= 4 is 16.7 Å². The monoisotopic (exact) mass is 319 g/mol. The molecule has 3 rings (SSSR count). The van der Waals surface area contributed by atoms with Crippen LogP contribution in [0.1, 0.15) is 35.5 Å². The van der Waals surface area contributed by atoms with Crippen LogP contribution >= 0.6 is 0 Å². The number of carbonyl (C=O) groups excluding carboxylic acids is 1. The van der Waals surface area contributed by atoms with Crippen molar-refractivity contribution in [2.45, 2.75) is 33.3 Å². The molecule has 0 aliphatic rings. The van der Waals surface area contributed by atoms with Crippen LogP contribution in [0.3, 0.4) is 0 Å². The van der Waals surface area contributed by atoms with E-state index in [1.165, 1.54) is 0 Å². The number of ether oxygens (including phenoxy) is 1. The van der Waals surface area contributed by atoms with Gasteiger partial charge in [-0.05, 0) is 44.5 Å². The maximum atomic E-state index is 12.7. The number of aromatic nitrogens is 1. The molecule has 0 spiro atoms. The summed E-state index contributed by atoms with van der Waals surface area (Å²) >= 11 is 0. The third-order valence-electron chi connectivity index (χ3n) is 3.82. The Kier molecular flexibility index (Phi) is 4.61. The van der Waals surface area contributed by atoms with Gasteiger partial charge in [0.2, 0.25) is 0 Å². The van der Waals surface area contributed by atoms with E-state index >= 15 is 0 Å². The van der Waals surface area contributed by atoms with Gasteiger partial charge in [-0.25, -0.2) is 0 Å². The third kappa shape index (κ3) is 3.62. The lowest BCUT2D eigenvalue weighted by Crippen LogP contribution is -2.08. The zero-order chi connectivity index (χ0) is 17.1. The number of benzene rings is 2.